The molecule has 29 heavy (non-hydrogen) atoms. The molecule has 0 unspecified atom stereocenters. The number of aliphatic carboxylic acids is 1. The van der Waals surface area contributed by atoms with Crippen molar-refractivity contribution < 1.29 is 37.7 Å². The summed E-state index contributed by atoms with van der Waals surface area (Å²) >= 11 is 0. The summed E-state index contributed by atoms with van der Waals surface area (Å²) in [5.41, 5.74) is -2.24. The molecule has 0 saturated carbocycles. The van der Waals surface area contributed by atoms with Crippen molar-refractivity contribution in [3.05, 3.63) is 52.3 Å². The van der Waals surface area contributed by atoms with Crippen LogP contribution in [0.4, 0.5) is 13.2 Å². The van der Waals surface area contributed by atoms with E-state index < -0.39 is 54.2 Å². The highest BCUT2D eigenvalue weighted by Gasteiger charge is 2.34. The highest BCUT2D eigenvalue weighted by atomic mass is 19.4. The van der Waals surface area contributed by atoms with Gasteiger partial charge in [0.2, 0.25) is 0 Å². The molecule has 1 aromatic heterocycles. The van der Waals surface area contributed by atoms with Crippen molar-refractivity contribution in [1.82, 2.24) is 4.98 Å². The van der Waals surface area contributed by atoms with Crippen LogP contribution in [0.15, 0.2) is 24.3 Å². The number of benzene rings is 1. The van der Waals surface area contributed by atoms with Crippen LogP contribution in [-0.4, -0.2) is 34.1 Å². The number of methoxy groups -OCH3 is 1. The van der Waals surface area contributed by atoms with E-state index >= 15 is 0 Å². The average Bonchev–Trinajstić information content (AvgIpc) is 2.66. The largest absolute Gasteiger partial charge is 0.504 e. The molecular formula is C19H15F3N2O5. The summed E-state index contributed by atoms with van der Waals surface area (Å²) in [6, 6.07) is 6.08. The van der Waals surface area contributed by atoms with Gasteiger partial charge in [0, 0.05) is 24.1 Å². The van der Waals surface area contributed by atoms with E-state index in [9.17, 15) is 33.1 Å². The maximum Gasteiger partial charge on any atom is 0.416 e. The Hall–Kier alpha value is -3.61. The second-order valence-electron chi connectivity index (χ2n) is 5.95. The standard InChI is InChI=1S/C19H15F3N2O5/c1-29-15-4-2-3-13(19(20,21)22)12(15)8-11-7-10(9-23)18(28)17(24-11)14(25)5-6-16(26)27/h2-4,7,28H,5-6,8H2,1H3,(H,26,27). The first-order valence-corrected chi connectivity index (χ1v) is 8.19. The van der Waals surface area contributed by atoms with Crippen molar-refractivity contribution in [3.8, 4) is 17.6 Å². The van der Waals surface area contributed by atoms with Crippen LogP contribution < -0.4 is 4.74 Å². The van der Waals surface area contributed by atoms with Crippen LogP contribution in [0.2, 0.25) is 0 Å². The number of carbonyl (C=O) groups is 2. The van der Waals surface area contributed by atoms with Crippen molar-refractivity contribution >= 4 is 11.8 Å². The number of alkyl halides is 3. The molecule has 0 aliphatic heterocycles. The Kier molecular flexibility index (Phi) is 6.43. The third kappa shape index (κ3) is 5.01. The minimum absolute atomic E-state index is 0.0630. The van der Waals surface area contributed by atoms with Gasteiger partial charge in [0.05, 0.1) is 24.7 Å². The molecule has 152 valence electrons. The summed E-state index contributed by atoms with van der Waals surface area (Å²) in [7, 11) is 1.20. The molecule has 2 N–H and O–H groups in total. The number of carboxylic acid groups (broad SMARTS) is 1. The Morgan fingerprint density at radius 1 is 1.28 bits per heavy atom. The number of hydrogen-bond acceptors (Lipinski definition) is 6. The summed E-state index contributed by atoms with van der Waals surface area (Å²) in [6.07, 6.45) is -6.14. The van der Waals surface area contributed by atoms with E-state index in [2.05, 4.69) is 4.98 Å². The molecule has 0 saturated heterocycles. The molecule has 2 aromatic rings. The minimum Gasteiger partial charge on any atom is -0.504 e. The fourth-order valence-electron chi connectivity index (χ4n) is 2.69. The number of pyridine rings is 1. The molecule has 1 aromatic carbocycles. The Morgan fingerprint density at radius 2 is 1.97 bits per heavy atom. The number of aromatic nitrogens is 1. The van der Waals surface area contributed by atoms with Gasteiger partial charge >= 0.3 is 12.1 Å². The lowest BCUT2D eigenvalue weighted by Crippen LogP contribution is -2.13. The van der Waals surface area contributed by atoms with Crippen molar-refractivity contribution in [3.63, 3.8) is 0 Å². The van der Waals surface area contributed by atoms with Gasteiger partial charge in [-0.15, -0.1) is 0 Å². The van der Waals surface area contributed by atoms with Gasteiger partial charge in [-0.2, -0.15) is 18.4 Å². The number of nitriles is 1. The molecule has 0 fully saturated rings. The zero-order chi connectivity index (χ0) is 21.8. The molecule has 0 radical (unpaired) electrons. The molecule has 10 heteroatoms. The monoisotopic (exact) mass is 408 g/mol. The molecule has 0 aliphatic carbocycles. The minimum atomic E-state index is -4.68. The second-order valence-corrected chi connectivity index (χ2v) is 5.95. The Bertz CT molecular complexity index is 997. The number of halogens is 3. The van der Waals surface area contributed by atoms with Crippen LogP contribution in [0, 0.1) is 11.3 Å². The first-order chi connectivity index (χ1) is 13.6. The third-order valence-electron chi connectivity index (χ3n) is 4.01. The van der Waals surface area contributed by atoms with Crippen LogP contribution in [0.25, 0.3) is 0 Å². The van der Waals surface area contributed by atoms with Gasteiger partial charge in [-0.05, 0) is 18.2 Å². The lowest BCUT2D eigenvalue weighted by molar-refractivity contribution is -0.138. The predicted octanol–water partition coefficient (Wildman–Crippen LogP) is 3.32. The maximum absolute atomic E-state index is 13.4. The van der Waals surface area contributed by atoms with E-state index in [1.165, 1.54) is 19.2 Å². The van der Waals surface area contributed by atoms with Crippen LogP contribution in [0.3, 0.4) is 0 Å². The summed E-state index contributed by atoms with van der Waals surface area (Å²) in [5.74, 6) is -2.91. The SMILES string of the molecule is COc1cccc(C(F)(F)F)c1Cc1cc(C#N)c(O)c(C(=O)CCC(=O)O)n1. The topological polar surface area (TPSA) is 121 Å². The molecule has 0 bridgehead atoms. The highest BCUT2D eigenvalue weighted by molar-refractivity contribution is 5.98. The van der Waals surface area contributed by atoms with Crippen LogP contribution in [-0.2, 0) is 17.4 Å². The normalized spacial score (nSPS) is 11.0. The Labute approximate surface area is 163 Å². The van der Waals surface area contributed by atoms with E-state index in [1.54, 1.807) is 6.07 Å². The van der Waals surface area contributed by atoms with Gasteiger partial charge in [0.15, 0.2) is 11.5 Å². The molecule has 0 atom stereocenters. The predicted molar refractivity (Wildman–Crippen MR) is 92.6 cm³/mol. The summed E-state index contributed by atoms with van der Waals surface area (Å²) < 4.78 is 45.1. The van der Waals surface area contributed by atoms with Crippen LogP contribution in [0.5, 0.6) is 11.5 Å². The molecule has 0 spiro atoms. The van der Waals surface area contributed by atoms with Gasteiger partial charge in [0.1, 0.15) is 17.5 Å². The maximum atomic E-state index is 13.4. The summed E-state index contributed by atoms with van der Waals surface area (Å²) in [4.78, 5) is 26.7. The quantitative estimate of drug-likeness (QED) is 0.674. The number of ketones is 1. The average molecular weight is 408 g/mol. The number of rotatable bonds is 7. The Balaban J connectivity index is 2.55. The number of carbonyl (C=O) groups excluding carboxylic acids is 1. The van der Waals surface area contributed by atoms with Crippen molar-refractivity contribution in [2.45, 2.75) is 25.4 Å². The second kappa shape index (κ2) is 8.60. The lowest BCUT2D eigenvalue weighted by atomic mass is 9.99. The van der Waals surface area contributed by atoms with Gasteiger partial charge in [-0.25, -0.2) is 4.98 Å². The fourth-order valence-corrected chi connectivity index (χ4v) is 2.69. The van der Waals surface area contributed by atoms with Gasteiger partial charge < -0.3 is 14.9 Å². The molecule has 2 rings (SSSR count). The first kappa shape index (κ1) is 21.7. The molecular weight excluding hydrogens is 393 g/mol. The van der Waals surface area contributed by atoms with Crippen LogP contribution in [0.1, 0.15) is 45.7 Å². The number of nitrogens with zero attached hydrogens (tertiary/aromatic N) is 2. The van der Waals surface area contributed by atoms with Crippen molar-refractivity contribution in [2.75, 3.05) is 7.11 Å². The number of ether oxygens (including phenoxy) is 1. The third-order valence-corrected chi connectivity index (χ3v) is 4.01. The van der Waals surface area contributed by atoms with E-state index in [0.717, 1.165) is 12.1 Å². The fraction of sp³-hybridized carbons (Fsp3) is 0.263. The van der Waals surface area contributed by atoms with Crippen molar-refractivity contribution in [2.24, 2.45) is 0 Å². The van der Waals surface area contributed by atoms with E-state index in [1.807, 2.05) is 0 Å². The van der Waals surface area contributed by atoms with E-state index in [4.69, 9.17) is 9.84 Å². The molecule has 1 heterocycles. The molecule has 7 nitrogen and oxygen atoms in total. The van der Waals surface area contributed by atoms with Crippen LogP contribution >= 0.6 is 0 Å². The summed E-state index contributed by atoms with van der Waals surface area (Å²) in [5, 5.41) is 27.9. The number of carboxylic acids is 1. The zero-order valence-electron chi connectivity index (χ0n) is 15.1. The molecule has 0 aliphatic rings. The van der Waals surface area contributed by atoms with E-state index in [-0.39, 0.29) is 22.6 Å². The lowest BCUT2D eigenvalue weighted by Gasteiger charge is -2.16. The van der Waals surface area contributed by atoms with Gasteiger partial charge in [-0.1, -0.05) is 6.07 Å². The van der Waals surface area contributed by atoms with E-state index in [0.29, 0.717) is 0 Å². The summed E-state index contributed by atoms with van der Waals surface area (Å²) in [6.45, 7) is 0. The zero-order valence-corrected chi connectivity index (χ0v) is 15.1. The van der Waals surface area contributed by atoms with Gasteiger partial charge in [0.25, 0.3) is 0 Å². The molecule has 0 amide bonds. The Morgan fingerprint density at radius 3 is 2.52 bits per heavy atom. The highest BCUT2D eigenvalue weighted by Crippen LogP contribution is 2.37. The smallest absolute Gasteiger partial charge is 0.416 e. The van der Waals surface area contributed by atoms with Crippen molar-refractivity contribution in [1.29, 1.82) is 5.26 Å². The number of aromatic hydroxyl groups is 1. The number of Topliss-reactive ketones (excluding diaryl/α,β-unsaturated/α-hetero) is 1. The van der Waals surface area contributed by atoms with Gasteiger partial charge in [-0.3, -0.25) is 9.59 Å². The number of hydrogen-bond donors (Lipinski definition) is 2. The first-order valence-electron chi connectivity index (χ1n) is 8.19.